The van der Waals surface area contributed by atoms with Crippen molar-refractivity contribution in [2.45, 2.75) is 13.5 Å². The number of hydrogen-bond donors (Lipinski definition) is 1. The van der Waals surface area contributed by atoms with Crippen molar-refractivity contribution in [2.24, 2.45) is 4.99 Å². The lowest BCUT2D eigenvalue weighted by molar-refractivity contribution is 0.112. The third kappa shape index (κ3) is 2.37. The summed E-state index contributed by atoms with van der Waals surface area (Å²) in [6, 6.07) is 7.47. The summed E-state index contributed by atoms with van der Waals surface area (Å²) < 4.78 is 3.10. The largest absolute Gasteiger partial charge is 0.367 e. The zero-order chi connectivity index (χ0) is 12.3. The molecule has 90 valence electrons. The molecule has 0 atom stereocenters. The number of amides is 2. The molecule has 0 fully saturated rings. The van der Waals surface area contributed by atoms with Crippen LogP contribution in [-0.4, -0.2) is 17.7 Å². The van der Waals surface area contributed by atoms with Crippen LogP contribution in [0.4, 0.5) is 4.79 Å². The van der Waals surface area contributed by atoms with E-state index < -0.39 is 6.03 Å². The Morgan fingerprint density at radius 3 is 3.00 bits per heavy atom. The van der Waals surface area contributed by atoms with E-state index in [1.54, 1.807) is 0 Å². The second-order valence-corrected chi connectivity index (χ2v) is 4.33. The minimum atomic E-state index is -0.499. The molecule has 6 heteroatoms. The van der Waals surface area contributed by atoms with Crippen molar-refractivity contribution in [3.05, 3.63) is 29.1 Å². The number of fused-ring (bicyclic) bond motifs is 1. The molecular weight excluding hydrogens is 238 g/mol. The zero-order valence-electron chi connectivity index (χ0n) is 9.64. The van der Waals surface area contributed by atoms with Gasteiger partial charge in [-0.2, -0.15) is 4.99 Å². The third-order valence-electron chi connectivity index (χ3n) is 2.29. The van der Waals surface area contributed by atoms with E-state index in [1.165, 1.54) is 18.4 Å². The van der Waals surface area contributed by atoms with Crippen molar-refractivity contribution in [2.75, 3.05) is 7.11 Å². The number of hydrogen-bond acceptors (Lipinski definition) is 3. The molecule has 0 unspecified atom stereocenters. The monoisotopic (exact) mass is 251 g/mol. The zero-order valence-corrected chi connectivity index (χ0v) is 10.5. The average molecular weight is 251 g/mol. The highest BCUT2D eigenvalue weighted by atomic mass is 32.1. The lowest BCUT2D eigenvalue weighted by atomic mass is 10.3. The van der Waals surface area contributed by atoms with Crippen LogP contribution in [0.1, 0.15) is 6.92 Å². The summed E-state index contributed by atoms with van der Waals surface area (Å²) >= 11 is 1.48. The fraction of sp³-hybridized carbons (Fsp3) is 0.273. The predicted molar refractivity (Wildman–Crippen MR) is 66.6 cm³/mol. The lowest BCUT2D eigenvalue weighted by Crippen LogP contribution is -2.23. The van der Waals surface area contributed by atoms with E-state index in [0.29, 0.717) is 4.80 Å². The Morgan fingerprint density at radius 1 is 1.53 bits per heavy atom. The van der Waals surface area contributed by atoms with Crippen LogP contribution >= 0.6 is 11.3 Å². The molecule has 0 aliphatic rings. The van der Waals surface area contributed by atoms with Crippen LogP contribution in [0.5, 0.6) is 0 Å². The Morgan fingerprint density at radius 2 is 2.29 bits per heavy atom. The molecule has 1 aromatic carbocycles. The van der Waals surface area contributed by atoms with Gasteiger partial charge in [0.05, 0.1) is 17.3 Å². The summed E-state index contributed by atoms with van der Waals surface area (Å²) in [7, 11) is 1.38. The molecule has 0 saturated heterocycles. The number of carbonyl (C=O) groups is 1. The Balaban J connectivity index is 2.57. The quantitative estimate of drug-likeness (QED) is 0.829. The molecule has 0 saturated carbocycles. The van der Waals surface area contributed by atoms with Crippen LogP contribution in [-0.2, 0) is 11.4 Å². The van der Waals surface area contributed by atoms with Crippen LogP contribution in [0.3, 0.4) is 0 Å². The Kier molecular flexibility index (Phi) is 3.55. The molecule has 0 radical (unpaired) electrons. The van der Waals surface area contributed by atoms with Crippen molar-refractivity contribution in [1.82, 2.24) is 10.0 Å². The van der Waals surface area contributed by atoms with Crippen LogP contribution in [0.25, 0.3) is 10.2 Å². The number of aromatic nitrogens is 1. The maximum Gasteiger partial charge on any atom is 0.367 e. The molecule has 5 nitrogen and oxygen atoms in total. The summed E-state index contributed by atoms with van der Waals surface area (Å²) in [6.07, 6.45) is 0. The van der Waals surface area contributed by atoms with Gasteiger partial charge in [0.2, 0.25) is 0 Å². The molecule has 1 heterocycles. The Hall–Kier alpha value is -1.66. The van der Waals surface area contributed by atoms with Gasteiger partial charge in [0, 0.05) is 6.54 Å². The second kappa shape index (κ2) is 5.11. The number of benzene rings is 1. The summed E-state index contributed by atoms with van der Waals surface area (Å²) in [5.74, 6) is 0. The first-order valence-electron chi connectivity index (χ1n) is 5.22. The first-order valence-corrected chi connectivity index (χ1v) is 6.04. The molecule has 1 aromatic heterocycles. The summed E-state index contributed by atoms with van der Waals surface area (Å²) in [6.45, 7) is 2.79. The Bertz CT molecular complexity index is 600. The van der Waals surface area contributed by atoms with Crippen molar-refractivity contribution in [3.8, 4) is 0 Å². The van der Waals surface area contributed by atoms with Crippen molar-refractivity contribution in [3.63, 3.8) is 0 Å². The Labute approximate surface area is 102 Å². The smallest absolute Gasteiger partial charge is 0.317 e. The average Bonchev–Trinajstić information content (AvgIpc) is 2.66. The SMILES string of the molecule is CCn1c(=NC(=O)NOC)sc2ccccc21. The molecule has 2 aromatic rings. The standard InChI is InChI=1S/C11H13N3O2S/c1-3-14-8-6-4-5-7-9(8)17-11(14)12-10(15)13-16-2/h4-7H,3H2,1-2H3,(H,13,15). The highest BCUT2D eigenvalue weighted by molar-refractivity contribution is 7.16. The lowest BCUT2D eigenvalue weighted by Gasteiger charge is -1.99. The van der Waals surface area contributed by atoms with Crippen molar-refractivity contribution < 1.29 is 9.63 Å². The predicted octanol–water partition coefficient (Wildman–Crippen LogP) is 1.89. The number of nitrogens with one attached hydrogen (secondary N) is 1. The van der Waals surface area contributed by atoms with Gasteiger partial charge in [-0.1, -0.05) is 23.5 Å². The minimum Gasteiger partial charge on any atom is -0.317 e. The number of thiazole rings is 1. The fourth-order valence-electron chi connectivity index (χ4n) is 1.61. The van der Waals surface area contributed by atoms with Gasteiger partial charge in [0.25, 0.3) is 0 Å². The number of nitrogens with zero attached hydrogens (tertiary/aromatic N) is 2. The van der Waals surface area contributed by atoms with E-state index in [4.69, 9.17) is 0 Å². The van der Waals surface area contributed by atoms with Gasteiger partial charge in [0.1, 0.15) is 0 Å². The van der Waals surface area contributed by atoms with Crippen LogP contribution < -0.4 is 10.3 Å². The number of hydroxylamine groups is 1. The van der Waals surface area contributed by atoms with Crippen molar-refractivity contribution >= 4 is 27.6 Å². The van der Waals surface area contributed by atoms with E-state index >= 15 is 0 Å². The molecule has 2 amide bonds. The van der Waals surface area contributed by atoms with Gasteiger partial charge in [-0.05, 0) is 19.1 Å². The molecular formula is C11H13N3O2S. The van der Waals surface area contributed by atoms with E-state index in [-0.39, 0.29) is 0 Å². The summed E-state index contributed by atoms with van der Waals surface area (Å²) in [4.78, 5) is 20.5. The minimum absolute atomic E-state index is 0.499. The molecule has 1 N–H and O–H groups in total. The van der Waals surface area contributed by atoms with Gasteiger partial charge in [-0.15, -0.1) is 0 Å². The topological polar surface area (TPSA) is 55.6 Å². The molecule has 0 bridgehead atoms. The van der Waals surface area contributed by atoms with Crippen LogP contribution in [0.2, 0.25) is 0 Å². The third-order valence-corrected chi connectivity index (χ3v) is 3.35. The normalized spacial score (nSPS) is 12.0. The first kappa shape index (κ1) is 11.8. The van der Waals surface area contributed by atoms with Gasteiger partial charge in [-0.25, -0.2) is 10.3 Å². The van der Waals surface area contributed by atoms with Crippen molar-refractivity contribution in [1.29, 1.82) is 0 Å². The highest BCUT2D eigenvalue weighted by Gasteiger charge is 2.05. The van der Waals surface area contributed by atoms with Gasteiger partial charge >= 0.3 is 6.03 Å². The first-order chi connectivity index (χ1) is 8.26. The van der Waals surface area contributed by atoms with Crippen LogP contribution in [0.15, 0.2) is 29.3 Å². The molecule has 17 heavy (non-hydrogen) atoms. The maximum absolute atomic E-state index is 11.3. The maximum atomic E-state index is 11.3. The molecule has 2 rings (SSSR count). The van der Waals surface area contributed by atoms with Gasteiger partial charge < -0.3 is 4.57 Å². The van der Waals surface area contributed by atoms with E-state index in [0.717, 1.165) is 16.8 Å². The van der Waals surface area contributed by atoms with Gasteiger partial charge in [-0.3, -0.25) is 4.84 Å². The fourth-order valence-corrected chi connectivity index (χ4v) is 2.70. The van der Waals surface area contributed by atoms with Gasteiger partial charge in [0.15, 0.2) is 4.80 Å². The van der Waals surface area contributed by atoms with E-state index in [2.05, 4.69) is 15.3 Å². The van der Waals surface area contributed by atoms with Crippen LogP contribution in [0, 0.1) is 0 Å². The summed E-state index contributed by atoms with van der Waals surface area (Å²) in [5, 5.41) is 0. The number of urea groups is 1. The number of para-hydroxylation sites is 1. The number of carbonyl (C=O) groups excluding carboxylic acids is 1. The number of rotatable bonds is 2. The molecule has 0 aliphatic heterocycles. The molecule has 0 spiro atoms. The van der Waals surface area contributed by atoms with E-state index in [1.807, 2.05) is 35.8 Å². The highest BCUT2D eigenvalue weighted by Crippen LogP contribution is 2.16. The summed E-state index contributed by atoms with van der Waals surface area (Å²) in [5.41, 5.74) is 3.26. The second-order valence-electron chi connectivity index (χ2n) is 3.32. The van der Waals surface area contributed by atoms with E-state index in [9.17, 15) is 4.79 Å². The number of aryl methyl sites for hydroxylation is 1. The molecule has 0 aliphatic carbocycles.